The van der Waals surface area contributed by atoms with Crippen molar-refractivity contribution in [1.29, 1.82) is 10.5 Å². The molecule has 0 saturated heterocycles. The lowest BCUT2D eigenvalue weighted by atomic mass is 9.79. The largest absolute Gasteiger partial charge is 0.496 e. The third kappa shape index (κ3) is 4.21. The quantitative estimate of drug-likeness (QED) is 0.516. The molecule has 2 aromatic rings. The minimum atomic E-state index is -0.613. The Bertz CT molecular complexity index is 1160. The van der Waals surface area contributed by atoms with E-state index in [-0.39, 0.29) is 13.0 Å². The number of aromatic nitrogens is 1. The Labute approximate surface area is 187 Å². The van der Waals surface area contributed by atoms with E-state index in [1.54, 1.807) is 31.3 Å². The molecule has 8 nitrogen and oxygen atoms in total. The van der Waals surface area contributed by atoms with Crippen LogP contribution in [0.3, 0.4) is 0 Å². The first-order chi connectivity index (χ1) is 15.5. The Balaban J connectivity index is 2.28. The van der Waals surface area contributed by atoms with Gasteiger partial charge in [0.1, 0.15) is 12.4 Å². The Morgan fingerprint density at radius 1 is 1.28 bits per heavy atom. The van der Waals surface area contributed by atoms with Crippen LogP contribution in [0.5, 0.6) is 11.6 Å². The van der Waals surface area contributed by atoms with Gasteiger partial charge in [-0.1, -0.05) is 6.07 Å². The molecular formula is C24H24N4O4. The van der Waals surface area contributed by atoms with Crippen LogP contribution in [0, 0.1) is 29.6 Å². The van der Waals surface area contributed by atoms with E-state index in [4.69, 9.17) is 19.5 Å². The number of methoxy groups -OCH3 is 1. The number of nitrogens with zero attached hydrogens (tertiary/aromatic N) is 3. The molecule has 0 bridgehead atoms. The van der Waals surface area contributed by atoms with Gasteiger partial charge in [-0.3, -0.25) is 0 Å². The third-order valence-electron chi connectivity index (χ3n) is 5.18. The average Bonchev–Trinajstić information content (AvgIpc) is 2.80. The molecule has 3 rings (SSSR count). The first kappa shape index (κ1) is 22.6. The number of benzene rings is 1. The van der Waals surface area contributed by atoms with Crippen LogP contribution >= 0.6 is 0 Å². The lowest BCUT2D eigenvalue weighted by molar-refractivity contribution is -0.139. The van der Waals surface area contributed by atoms with Gasteiger partial charge in [0, 0.05) is 17.5 Å². The molecule has 1 aliphatic heterocycles. The second kappa shape index (κ2) is 9.84. The van der Waals surface area contributed by atoms with E-state index in [0.29, 0.717) is 46.2 Å². The molecule has 0 spiro atoms. The molecule has 0 saturated carbocycles. The van der Waals surface area contributed by atoms with Gasteiger partial charge in [-0.15, -0.1) is 0 Å². The fraction of sp³-hybridized carbons (Fsp3) is 0.333. The maximum Gasteiger partial charge on any atom is 0.336 e. The number of hydrogen-bond acceptors (Lipinski definition) is 8. The minimum Gasteiger partial charge on any atom is -0.496 e. The molecule has 1 aromatic carbocycles. The minimum absolute atomic E-state index is 0.0133. The number of carbonyl (C=O) groups is 1. The number of carbonyl (C=O) groups excluding carboxylic acids is 1. The number of nitrogens with one attached hydrogen (secondary N) is 1. The van der Waals surface area contributed by atoms with E-state index in [0.717, 1.165) is 11.3 Å². The zero-order chi connectivity index (χ0) is 23.3. The van der Waals surface area contributed by atoms with Crippen LogP contribution in [0.15, 0.2) is 35.7 Å². The Morgan fingerprint density at radius 2 is 2.06 bits per heavy atom. The average molecular weight is 432 g/mol. The number of aryl methyl sites for hydroxylation is 1. The first-order valence-corrected chi connectivity index (χ1v) is 10.2. The predicted octanol–water partition coefficient (Wildman–Crippen LogP) is 3.96. The molecule has 0 amide bonds. The van der Waals surface area contributed by atoms with Gasteiger partial charge >= 0.3 is 5.97 Å². The molecular weight excluding hydrogens is 408 g/mol. The first-order valence-electron chi connectivity index (χ1n) is 10.2. The molecule has 1 atom stereocenters. The van der Waals surface area contributed by atoms with Crippen molar-refractivity contribution in [2.75, 3.05) is 25.6 Å². The summed E-state index contributed by atoms with van der Waals surface area (Å²) in [6.45, 7) is 5.96. The number of allylic oxidation sites excluding steroid dienone is 1. The van der Waals surface area contributed by atoms with Crippen LogP contribution in [-0.2, 0) is 9.53 Å². The van der Waals surface area contributed by atoms with E-state index in [2.05, 4.69) is 16.4 Å². The molecule has 0 unspecified atom stereocenters. The normalized spacial score (nSPS) is 14.5. The standard InChI is InChI=1S/C24H24N4O4/c1-5-31-23-21-20(17-8-7-16(12-26)11-18(17)30-4)19(24(29)32-10-6-9-25)15(3)28-22(21)14(2)13-27-23/h7-8,11,13,20,28H,5-6,10H2,1-4H3/t20-/m0/s1. The molecule has 164 valence electrons. The predicted molar refractivity (Wildman–Crippen MR) is 117 cm³/mol. The van der Waals surface area contributed by atoms with Crippen LogP contribution in [0.2, 0.25) is 0 Å². The fourth-order valence-electron chi connectivity index (χ4n) is 3.78. The van der Waals surface area contributed by atoms with Crippen LogP contribution in [0.25, 0.3) is 0 Å². The van der Waals surface area contributed by atoms with E-state index >= 15 is 0 Å². The summed E-state index contributed by atoms with van der Waals surface area (Å²) >= 11 is 0. The van der Waals surface area contributed by atoms with Gasteiger partial charge in [0.2, 0.25) is 5.88 Å². The lowest BCUT2D eigenvalue weighted by Crippen LogP contribution is -2.26. The monoisotopic (exact) mass is 432 g/mol. The highest BCUT2D eigenvalue weighted by molar-refractivity contribution is 5.95. The van der Waals surface area contributed by atoms with Gasteiger partial charge in [0.05, 0.1) is 60.6 Å². The van der Waals surface area contributed by atoms with Gasteiger partial charge in [-0.05, 0) is 38.5 Å². The molecule has 0 fully saturated rings. The van der Waals surface area contributed by atoms with Crippen molar-refractivity contribution in [2.24, 2.45) is 0 Å². The van der Waals surface area contributed by atoms with Gasteiger partial charge < -0.3 is 19.5 Å². The zero-order valence-corrected chi connectivity index (χ0v) is 18.5. The summed E-state index contributed by atoms with van der Waals surface area (Å²) in [7, 11) is 1.52. The van der Waals surface area contributed by atoms with Crippen LogP contribution in [-0.4, -0.2) is 31.3 Å². The van der Waals surface area contributed by atoms with Crippen molar-refractivity contribution in [3.05, 3.63) is 57.9 Å². The zero-order valence-electron chi connectivity index (χ0n) is 18.5. The highest BCUT2D eigenvalue weighted by Gasteiger charge is 2.38. The SMILES string of the molecule is CCOc1ncc(C)c2c1[C@@H](c1ccc(C#N)cc1OC)C(C(=O)OCCC#N)=C(C)N2. The summed E-state index contributed by atoms with van der Waals surface area (Å²) in [5.74, 6) is -0.304. The smallest absolute Gasteiger partial charge is 0.336 e. The number of esters is 1. The second-order valence-electron chi connectivity index (χ2n) is 7.18. The van der Waals surface area contributed by atoms with Gasteiger partial charge in [-0.2, -0.15) is 10.5 Å². The number of hydrogen-bond donors (Lipinski definition) is 1. The summed E-state index contributed by atoms with van der Waals surface area (Å²) < 4.78 is 16.8. The van der Waals surface area contributed by atoms with E-state index < -0.39 is 11.9 Å². The van der Waals surface area contributed by atoms with Crippen molar-refractivity contribution >= 4 is 11.7 Å². The topological polar surface area (TPSA) is 117 Å². The Kier molecular flexibility index (Phi) is 6.97. The van der Waals surface area contributed by atoms with Gasteiger partial charge in [-0.25, -0.2) is 9.78 Å². The van der Waals surface area contributed by atoms with E-state index in [1.807, 2.05) is 19.9 Å². The van der Waals surface area contributed by atoms with Crippen LogP contribution < -0.4 is 14.8 Å². The number of nitriles is 2. The molecule has 8 heteroatoms. The molecule has 1 aromatic heterocycles. The van der Waals surface area contributed by atoms with E-state index in [1.165, 1.54) is 7.11 Å². The number of rotatable bonds is 7. The summed E-state index contributed by atoms with van der Waals surface area (Å²) in [4.78, 5) is 17.6. The maximum atomic E-state index is 13.2. The summed E-state index contributed by atoms with van der Waals surface area (Å²) in [6, 6.07) is 9.16. The summed E-state index contributed by atoms with van der Waals surface area (Å²) in [5.41, 5.74) is 4.47. The van der Waals surface area contributed by atoms with Crippen LogP contribution in [0.1, 0.15) is 48.4 Å². The highest BCUT2D eigenvalue weighted by Crippen LogP contribution is 2.49. The highest BCUT2D eigenvalue weighted by atomic mass is 16.5. The summed E-state index contributed by atoms with van der Waals surface area (Å²) in [6.07, 6.45) is 1.81. The number of ether oxygens (including phenoxy) is 3. The van der Waals surface area contributed by atoms with Crippen molar-refractivity contribution in [1.82, 2.24) is 4.98 Å². The van der Waals surface area contributed by atoms with Crippen molar-refractivity contribution < 1.29 is 19.0 Å². The molecule has 1 N–H and O–H groups in total. The number of fused-ring (bicyclic) bond motifs is 1. The Morgan fingerprint density at radius 3 is 2.72 bits per heavy atom. The third-order valence-corrected chi connectivity index (χ3v) is 5.18. The lowest BCUT2D eigenvalue weighted by Gasteiger charge is -2.32. The number of anilines is 1. The van der Waals surface area contributed by atoms with Crippen molar-refractivity contribution in [2.45, 2.75) is 33.1 Å². The van der Waals surface area contributed by atoms with Crippen molar-refractivity contribution in [3.63, 3.8) is 0 Å². The molecule has 0 radical (unpaired) electrons. The molecule has 32 heavy (non-hydrogen) atoms. The Hall–Kier alpha value is -4.04. The summed E-state index contributed by atoms with van der Waals surface area (Å²) in [5, 5.41) is 21.4. The molecule has 0 aliphatic carbocycles. The van der Waals surface area contributed by atoms with E-state index in [9.17, 15) is 10.1 Å². The van der Waals surface area contributed by atoms with Crippen molar-refractivity contribution in [3.8, 4) is 23.8 Å². The van der Waals surface area contributed by atoms with Gasteiger partial charge in [0.15, 0.2) is 0 Å². The molecule has 1 aliphatic rings. The second-order valence-corrected chi connectivity index (χ2v) is 7.18. The van der Waals surface area contributed by atoms with Crippen LogP contribution in [0.4, 0.5) is 5.69 Å². The van der Waals surface area contributed by atoms with Gasteiger partial charge in [0.25, 0.3) is 0 Å². The molecule has 2 heterocycles. The number of pyridine rings is 1. The fourth-order valence-corrected chi connectivity index (χ4v) is 3.78. The maximum absolute atomic E-state index is 13.2.